The van der Waals surface area contributed by atoms with Gasteiger partial charge in [0.25, 0.3) is 0 Å². The molecule has 172 valence electrons. The molecule has 1 N–H and O–H groups in total. The summed E-state index contributed by atoms with van der Waals surface area (Å²) in [6.45, 7) is 11.8. The Morgan fingerprint density at radius 2 is 1.61 bits per heavy atom. The minimum absolute atomic E-state index is 0.00700. The van der Waals surface area contributed by atoms with E-state index in [9.17, 15) is 9.59 Å². The number of benzene rings is 1. The van der Waals surface area contributed by atoms with Crippen molar-refractivity contribution < 1.29 is 9.59 Å². The maximum Gasteiger partial charge on any atom is 0.319 e. The first-order valence-electron chi connectivity index (χ1n) is 11.8. The fraction of sp³-hybridized carbons (Fsp3) is 0.667. The minimum Gasteiger partial charge on any atom is -0.348 e. The van der Waals surface area contributed by atoms with Crippen molar-refractivity contribution in [2.45, 2.75) is 32.7 Å². The average molecular weight is 430 g/mol. The van der Waals surface area contributed by atoms with Crippen LogP contribution < -0.4 is 5.32 Å². The Labute approximate surface area is 187 Å². The summed E-state index contributed by atoms with van der Waals surface area (Å²) < 4.78 is 0. The average Bonchev–Trinajstić information content (AvgIpc) is 2.81. The molecule has 0 aliphatic carbocycles. The number of carbonyl (C=O) groups excluding carboxylic acids is 2. The molecule has 2 aliphatic rings. The molecule has 7 nitrogen and oxygen atoms in total. The van der Waals surface area contributed by atoms with Crippen LogP contribution in [0.1, 0.15) is 38.3 Å². The second kappa shape index (κ2) is 11.5. The van der Waals surface area contributed by atoms with Gasteiger partial charge < -0.3 is 20.0 Å². The van der Waals surface area contributed by atoms with E-state index in [2.05, 4.69) is 34.3 Å². The van der Waals surface area contributed by atoms with Gasteiger partial charge in [0, 0.05) is 64.8 Å². The summed E-state index contributed by atoms with van der Waals surface area (Å²) in [7, 11) is 2.16. The Bertz CT molecular complexity index is 693. The number of urea groups is 1. The summed E-state index contributed by atoms with van der Waals surface area (Å²) in [5.41, 5.74) is 1.16. The Hall–Kier alpha value is -2.12. The zero-order valence-electron chi connectivity index (χ0n) is 19.4. The Kier molecular flexibility index (Phi) is 8.72. The smallest absolute Gasteiger partial charge is 0.319 e. The van der Waals surface area contributed by atoms with Gasteiger partial charge in [0.2, 0.25) is 5.91 Å². The van der Waals surface area contributed by atoms with Crippen LogP contribution in [0.25, 0.3) is 0 Å². The maximum absolute atomic E-state index is 13.1. The van der Waals surface area contributed by atoms with Crippen LogP contribution in [0.2, 0.25) is 0 Å². The summed E-state index contributed by atoms with van der Waals surface area (Å²) in [5, 5.41) is 3.34. The normalized spacial score (nSPS) is 19.8. The molecule has 0 aromatic heterocycles. The monoisotopic (exact) mass is 429 g/mol. The molecule has 1 unspecified atom stereocenters. The third-order valence-corrected chi connectivity index (χ3v) is 6.73. The van der Waals surface area contributed by atoms with Crippen LogP contribution in [0.4, 0.5) is 4.79 Å². The van der Waals surface area contributed by atoms with E-state index in [1.54, 1.807) is 0 Å². The summed E-state index contributed by atoms with van der Waals surface area (Å²) >= 11 is 0. The molecule has 31 heavy (non-hydrogen) atoms. The van der Waals surface area contributed by atoms with Crippen molar-refractivity contribution >= 4 is 11.9 Å². The van der Waals surface area contributed by atoms with Crippen LogP contribution >= 0.6 is 0 Å². The van der Waals surface area contributed by atoms with E-state index in [4.69, 9.17) is 0 Å². The van der Waals surface area contributed by atoms with E-state index in [1.165, 1.54) is 0 Å². The molecule has 0 spiro atoms. The summed E-state index contributed by atoms with van der Waals surface area (Å²) in [6, 6.07) is 10.4. The largest absolute Gasteiger partial charge is 0.348 e. The van der Waals surface area contributed by atoms with Crippen molar-refractivity contribution in [2.24, 2.45) is 5.92 Å². The number of likely N-dealkylation sites (tertiary alicyclic amines) is 1. The third kappa shape index (κ3) is 6.43. The predicted molar refractivity (Wildman–Crippen MR) is 124 cm³/mol. The molecule has 2 aliphatic heterocycles. The van der Waals surface area contributed by atoms with E-state index in [1.807, 2.05) is 41.8 Å². The van der Waals surface area contributed by atoms with Gasteiger partial charge in [-0.05, 0) is 39.3 Å². The second-order valence-electron chi connectivity index (χ2n) is 8.79. The number of amides is 3. The minimum atomic E-state index is -0.0283. The first kappa shape index (κ1) is 23.5. The number of hydrogen-bond acceptors (Lipinski definition) is 4. The molecule has 0 radical (unpaired) electrons. The molecule has 0 saturated carbocycles. The fourth-order valence-electron chi connectivity index (χ4n) is 4.53. The fourth-order valence-corrected chi connectivity index (χ4v) is 4.53. The highest BCUT2D eigenvalue weighted by molar-refractivity contribution is 5.80. The van der Waals surface area contributed by atoms with Crippen LogP contribution in [0.15, 0.2) is 30.3 Å². The number of nitrogens with zero attached hydrogens (tertiary/aromatic N) is 4. The van der Waals surface area contributed by atoms with Crippen molar-refractivity contribution in [3.63, 3.8) is 0 Å². The van der Waals surface area contributed by atoms with E-state index in [0.29, 0.717) is 13.1 Å². The van der Waals surface area contributed by atoms with Gasteiger partial charge in [0.15, 0.2) is 0 Å². The molecular formula is C24H39N5O2. The number of piperazine rings is 1. The first-order valence-corrected chi connectivity index (χ1v) is 11.8. The molecule has 3 rings (SSSR count). The third-order valence-electron chi connectivity index (χ3n) is 6.73. The van der Waals surface area contributed by atoms with Crippen LogP contribution in [-0.2, 0) is 4.79 Å². The van der Waals surface area contributed by atoms with E-state index < -0.39 is 0 Å². The molecule has 1 atom stereocenters. The lowest BCUT2D eigenvalue weighted by atomic mass is 9.95. The van der Waals surface area contributed by atoms with Gasteiger partial charge in [0.1, 0.15) is 0 Å². The summed E-state index contributed by atoms with van der Waals surface area (Å²) in [5.74, 6) is 0.0948. The second-order valence-corrected chi connectivity index (χ2v) is 8.79. The Balaban J connectivity index is 1.57. The summed E-state index contributed by atoms with van der Waals surface area (Å²) in [6.07, 6.45) is 1.46. The van der Waals surface area contributed by atoms with Crippen molar-refractivity contribution in [1.29, 1.82) is 0 Å². The van der Waals surface area contributed by atoms with Crippen LogP contribution in [0.5, 0.6) is 0 Å². The lowest BCUT2D eigenvalue weighted by Gasteiger charge is -2.37. The van der Waals surface area contributed by atoms with Crippen LogP contribution in [0, 0.1) is 5.92 Å². The highest BCUT2D eigenvalue weighted by Crippen LogP contribution is 2.22. The van der Waals surface area contributed by atoms with Gasteiger partial charge in [-0.1, -0.05) is 30.3 Å². The topological polar surface area (TPSA) is 59.1 Å². The van der Waals surface area contributed by atoms with Gasteiger partial charge in [0.05, 0.1) is 6.04 Å². The molecule has 2 heterocycles. The van der Waals surface area contributed by atoms with E-state index in [-0.39, 0.29) is 23.9 Å². The van der Waals surface area contributed by atoms with Crippen LogP contribution in [-0.4, -0.2) is 97.5 Å². The highest BCUT2D eigenvalue weighted by atomic mass is 16.2. The van der Waals surface area contributed by atoms with Crippen molar-refractivity contribution in [3.8, 4) is 0 Å². The zero-order valence-corrected chi connectivity index (χ0v) is 19.4. The van der Waals surface area contributed by atoms with Gasteiger partial charge >= 0.3 is 6.03 Å². The Morgan fingerprint density at radius 3 is 2.19 bits per heavy atom. The van der Waals surface area contributed by atoms with Crippen LogP contribution in [0.3, 0.4) is 0 Å². The summed E-state index contributed by atoms with van der Waals surface area (Å²) in [4.78, 5) is 34.3. The van der Waals surface area contributed by atoms with Gasteiger partial charge in [-0.15, -0.1) is 0 Å². The van der Waals surface area contributed by atoms with E-state index >= 15 is 0 Å². The number of nitrogens with one attached hydrogen (secondary N) is 1. The SMILES string of the molecule is CCN(CC)C(=O)N1CCC(C(=O)NC(CN2CCN(C)CC2)c2ccccc2)CC1. The molecule has 2 fully saturated rings. The molecule has 1 aromatic carbocycles. The molecular weight excluding hydrogens is 390 g/mol. The molecule has 0 bridgehead atoms. The van der Waals surface area contributed by atoms with Gasteiger partial charge in [-0.2, -0.15) is 0 Å². The lowest BCUT2D eigenvalue weighted by Crippen LogP contribution is -2.50. The van der Waals surface area contributed by atoms with Gasteiger partial charge in [-0.25, -0.2) is 4.79 Å². The predicted octanol–water partition coefficient (Wildman–Crippen LogP) is 2.27. The van der Waals surface area contributed by atoms with E-state index in [0.717, 1.165) is 64.2 Å². The number of rotatable bonds is 7. The molecule has 1 aromatic rings. The number of hydrogen-bond donors (Lipinski definition) is 1. The Morgan fingerprint density at radius 1 is 1.00 bits per heavy atom. The molecule has 2 saturated heterocycles. The molecule has 7 heteroatoms. The quantitative estimate of drug-likeness (QED) is 0.722. The van der Waals surface area contributed by atoms with Crippen molar-refractivity contribution in [3.05, 3.63) is 35.9 Å². The van der Waals surface area contributed by atoms with Crippen molar-refractivity contribution in [1.82, 2.24) is 24.9 Å². The maximum atomic E-state index is 13.1. The standard InChI is InChI=1S/C24H39N5O2/c1-4-28(5-2)24(31)29-13-11-21(12-14-29)23(30)25-22(20-9-7-6-8-10-20)19-27-17-15-26(3)16-18-27/h6-10,21-22H,4-5,11-19H2,1-3H3,(H,25,30). The van der Waals surface area contributed by atoms with Gasteiger partial charge in [-0.3, -0.25) is 9.69 Å². The zero-order chi connectivity index (χ0) is 22.2. The number of likely N-dealkylation sites (N-methyl/N-ethyl adjacent to an activating group) is 1. The first-order chi connectivity index (χ1) is 15.0. The number of piperidine rings is 1. The highest BCUT2D eigenvalue weighted by Gasteiger charge is 2.30. The molecule has 3 amide bonds. The van der Waals surface area contributed by atoms with Crippen molar-refractivity contribution in [2.75, 3.05) is 66.0 Å². The number of carbonyl (C=O) groups is 2. The lowest BCUT2D eigenvalue weighted by molar-refractivity contribution is -0.127.